The van der Waals surface area contributed by atoms with E-state index >= 15 is 0 Å². The van der Waals surface area contributed by atoms with Crippen molar-refractivity contribution in [2.24, 2.45) is 5.92 Å². The fraction of sp³-hybridized carbons (Fsp3) is 0.938. The highest BCUT2D eigenvalue weighted by atomic mass is 16.1. The number of nitrogens with one attached hydrogen (secondary N) is 1. The van der Waals surface area contributed by atoms with Gasteiger partial charge in [-0.15, -0.1) is 0 Å². The Kier molecular flexibility index (Phi) is 6.02. The van der Waals surface area contributed by atoms with E-state index < -0.39 is 0 Å². The normalized spacial score (nSPS) is 24.2. The van der Waals surface area contributed by atoms with E-state index in [-0.39, 0.29) is 0 Å². The molecule has 0 aromatic carbocycles. The highest BCUT2D eigenvalue weighted by Gasteiger charge is 2.19. The lowest BCUT2D eigenvalue weighted by molar-refractivity contribution is -0.123. The molecule has 0 unspecified atom stereocenters. The number of amides is 1. The van der Waals surface area contributed by atoms with Crippen LogP contribution in [0.5, 0.6) is 0 Å². The van der Waals surface area contributed by atoms with Crippen LogP contribution >= 0.6 is 0 Å². The van der Waals surface area contributed by atoms with Crippen LogP contribution in [-0.4, -0.2) is 11.9 Å². The minimum absolute atomic E-state index is 0.326. The smallest absolute Gasteiger partial charge is 0.220 e. The molecule has 0 bridgehead atoms. The molecule has 104 valence electrons. The Morgan fingerprint density at radius 2 is 1.28 bits per heavy atom. The van der Waals surface area contributed by atoms with Gasteiger partial charge in [0, 0.05) is 12.5 Å². The van der Waals surface area contributed by atoms with Crippen LogP contribution in [0, 0.1) is 5.92 Å². The molecule has 2 aliphatic rings. The van der Waals surface area contributed by atoms with E-state index in [1.54, 1.807) is 0 Å². The van der Waals surface area contributed by atoms with Crippen molar-refractivity contribution < 1.29 is 4.79 Å². The first-order chi connectivity index (χ1) is 8.84. The monoisotopic (exact) mass is 251 g/mol. The minimum atomic E-state index is 0.326. The van der Waals surface area contributed by atoms with Crippen LogP contribution in [0.15, 0.2) is 0 Å². The summed E-state index contributed by atoms with van der Waals surface area (Å²) in [5.74, 6) is 1.000. The second kappa shape index (κ2) is 7.81. The third-order valence-corrected chi connectivity index (χ3v) is 4.67. The van der Waals surface area contributed by atoms with E-state index in [1.807, 2.05) is 0 Å². The topological polar surface area (TPSA) is 29.1 Å². The van der Waals surface area contributed by atoms with Gasteiger partial charge >= 0.3 is 0 Å². The maximum absolute atomic E-state index is 12.1. The summed E-state index contributed by atoms with van der Waals surface area (Å²) in [5.41, 5.74) is 0. The summed E-state index contributed by atoms with van der Waals surface area (Å²) in [6.07, 6.45) is 16.5. The molecule has 0 atom stereocenters. The molecule has 0 heterocycles. The molecule has 2 fully saturated rings. The van der Waals surface area contributed by atoms with Crippen molar-refractivity contribution in [1.82, 2.24) is 5.32 Å². The molecule has 0 aromatic rings. The predicted molar refractivity (Wildman–Crippen MR) is 75.4 cm³/mol. The average Bonchev–Trinajstić information content (AvgIpc) is 2.34. The molecule has 0 aromatic heterocycles. The van der Waals surface area contributed by atoms with Gasteiger partial charge in [0.05, 0.1) is 0 Å². The van der Waals surface area contributed by atoms with E-state index in [2.05, 4.69) is 5.32 Å². The Balaban J connectivity index is 1.68. The van der Waals surface area contributed by atoms with Gasteiger partial charge in [-0.05, 0) is 31.6 Å². The molecule has 1 amide bonds. The van der Waals surface area contributed by atoms with E-state index in [9.17, 15) is 4.79 Å². The largest absolute Gasteiger partial charge is 0.353 e. The van der Waals surface area contributed by atoms with Crippen molar-refractivity contribution in [2.75, 3.05) is 0 Å². The summed E-state index contributed by atoms with van der Waals surface area (Å²) in [7, 11) is 0. The summed E-state index contributed by atoms with van der Waals surface area (Å²) in [5, 5.41) is 3.29. The van der Waals surface area contributed by atoms with Crippen molar-refractivity contribution in [2.45, 2.75) is 89.5 Å². The van der Waals surface area contributed by atoms with Crippen molar-refractivity contribution in [3.63, 3.8) is 0 Å². The highest BCUT2D eigenvalue weighted by Crippen LogP contribution is 2.26. The van der Waals surface area contributed by atoms with Crippen LogP contribution in [0.3, 0.4) is 0 Å². The van der Waals surface area contributed by atoms with E-state index in [0.29, 0.717) is 17.9 Å². The van der Waals surface area contributed by atoms with Gasteiger partial charge in [-0.3, -0.25) is 4.79 Å². The third kappa shape index (κ3) is 4.99. The van der Waals surface area contributed by atoms with Gasteiger partial charge in [0.1, 0.15) is 0 Å². The number of carbonyl (C=O) groups excluding carboxylic acids is 1. The van der Waals surface area contributed by atoms with Crippen molar-refractivity contribution in [3.8, 4) is 0 Å². The fourth-order valence-electron chi connectivity index (χ4n) is 3.54. The zero-order valence-electron chi connectivity index (χ0n) is 11.8. The molecule has 1 N–H and O–H groups in total. The van der Waals surface area contributed by atoms with Crippen molar-refractivity contribution >= 4 is 5.91 Å². The first-order valence-electron chi connectivity index (χ1n) is 8.14. The number of hydrogen-bond donors (Lipinski definition) is 1. The van der Waals surface area contributed by atoms with E-state index in [0.717, 1.165) is 6.42 Å². The lowest BCUT2D eigenvalue weighted by atomic mass is 9.86. The molecular weight excluding hydrogens is 222 g/mol. The highest BCUT2D eigenvalue weighted by molar-refractivity contribution is 5.76. The SMILES string of the molecule is O=C(CC1CCCCC1)NC1CCCCCCC1. The molecule has 18 heavy (non-hydrogen) atoms. The number of hydrogen-bond acceptors (Lipinski definition) is 1. The molecule has 2 nitrogen and oxygen atoms in total. The molecule has 0 radical (unpaired) electrons. The van der Waals surface area contributed by atoms with Crippen molar-refractivity contribution in [3.05, 3.63) is 0 Å². The van der Waals surface area contributed by atoms with E-state index in [1.165, 1.54) is 77.0 Å². The van der Waals surface area contributed by atoms with Gasteiger partial charge in [0.25, 0.3) is 0 Å². The van der Waals surface area contributed by atoms with Gasteiger partial charge in [-0.2, -0.15) is 0 Å². The molecule has 2 heteroatoms. The quantitative estimate of drug-likeness (QED) is 0.800. The maximum Gasteiger partial charge on any atom is 0.220 e. The lowest BCUT2D eigenvalue weighted by Crippen LogP contribution is -2.36. The average molecular weight is 251 g/mol. The molecule has 2 rings (SSSR count). The summed E-state index contributed by atoms with van der Waals surface area (Å²) < 4.78 is 0. The second-order valence-electron chi connectivity index (χ2n) is 6.32. The molecular formula is C16H29NO. The zero-order chi connectivity index (χ0) is 12.6. The summed E-state index contributed by atoms with van der Waals surface area (Å²) in [6, 6.07) is 0.474. The fourth-order valence-corrected chi connectivity index (χ4v) is 3.54. The molecule has 2 aliphatic carbocycles. The Hall–Kier alpha value is -0.530. The molecule has 0 aliphatic heterocycles. The summed E-state index contributed by atoms with van der Waals surface area (Å²) >= 11 is 0. The minimum Gasteiger partial charge on any atom is -0.353 e. The lowest BCUT2D eigenvalue weighted by Gasteiger charge is -2.24. The second-order valence-corrected chi connectivity index (χ2v) is 6.32. The third-order valence-electron chi connectivity index (χ3n) is 4.67. The van der Waals surface area contributed by atoms with Crippen LogP contribution in [0.1, 0.15) is 83.5 Å². The van der Waals surface area contributed by atoms with Crippen LogP contribution in [0.4, 0.5) is 0 Å². The molecule has 0 spiro atoms. The zero-order valence-corrected chi connectivity index (χ0v) is 11.8. The van der Waals surface area contributed by atoms with Crippen LogP contribution in [0.25, 0.3) is 0 Å². The van der Waals surface area contributed by atoms with Gasteiger partial charge in [-0.25, -0.2) is 0 Å². The van der Waals surface area contributed by atoms with Gasteiger partial charge in [-0.1, -0.05) is 51.4 Å². The van der Waals surface area contributed by atoms with Crippen LogP contribution < -0.4 is 5.32 Å². The maximum atomic E-state index is 12.1. The molecule has 0 saturated heterocycles. The van der Waals surface area contributed by atoms with Gasteiger partial charge < -0.3 is 5.32 Å². The van der Waals surface area contributed by atoms with Gasteiger partial charge in [0.15, 0.2) is 0 Å². The Morgan fingerprint density at radius 1 is 0.778 bits per heavy atom. The molecule has 2 saturated carbocycles. The predicted octanol–water partition coefficient (Wildman–Crippen LogP) is 4.19. The Morgan fingerprint density at radius 3 is 1.94 bits per heavy atom. The number of rotatable bonds is 3. The van der Waals surface area contributed by atoms with Crippen molar-refractivity contribution in [1.29, 1.82) is 0 Å². The van der Waals surface area contributed by atoms with Crippen LogP contribution in [-0.2, 0) is 4.79 Å². The first-order valence-corrected chi connectivity index (χ1v) is 8.14. The summed E-state index contributed by atoms with van der Waals surface area (Å²) in [4.78, 5) is 12.1. The van der Waals surface area contributed by atoms with Gasteiger partial charge in [0.2, 0.25) is 5.91 Å². The Bertz CT molecular complexity index is 237. The van der Waals surface area contributed by atoms with Crippen LogP contribution in [0.2, 0.25) is 0 Å². The Labute approximate surface area is 112 Å². The first kappa shape index (κ1) is 13.9. The summed E-state index contributed by atoms with van der Waals surface area (Å²) in [6.45, 7) is 0. The standard InChI is InChI=1S/C16H29NO/c18-16(13-14-9-5-4-6-10-14)17-15-11-7-2-1-3-8-12-15/h14-15H,1-13H2,(H,17,18). The number of carbonyl (C=O) groups is 1. The van der Waals surface area contributed by atoms with E-state index in [4.69, 9.17) is 0 Å².